The third-order valence-corrected chi connectivity index (χ3v) is 1.59. The highest BCUT2D eigenvalue weighted by Gasteiger charge is 2.01. The van der Waals surface area contributed by atoms with Crippen molar-refractivity contribution in [2.75, 3.05) is 5.88 Å². The summed E-state index contributed by atoms with van der Waals surface area (Å²) in [6.45, 7) is 0. The van der Waals surface area contributed by atoms with Crippen LogP contribution in [-0.4, -0.2) is 11.0 Å². The summed E-state index contributed by atoms with van der Waals surface area (Å²) >= 11 is 5.42. The summed E-state index contributed by atoms with van der Waals surface area (Å²) in [6.07, 6.45) is 0.494. The third-order valence-electron chi connectivity index (χ3n) is 1.40. The monoisotopic (exact) mass is 174 g/mol. The molecule has 1 aromatic rings. The van der Waals surface area contributed by atoms with Crippen LogP contribution in [0.5, 0.6) is 5.75 Å². The lowest BCUT2D eigenvalue weighted by molar-refractivity contribution is 0.468. The van der Waals surface area contributed by atoms with Gasteiger partial charge in [0.2, 0.25) is 0 Å². The number of hydrogen-bond acceptors (Lipinski definition) is 1. The molecule has 0 unspecified atom stereocenters. The number of hydrogen-bond donors (Lipinski definition) is 1. The topological polar surface area (TPSA) is 20.2 Å². The summed E-state index contributed by atoms with van der Waals surface area (Å²) in [6, 6.07) is 4.07. The van der Waals surface area contributed by atoms with Crippen LogP contribution in [-0.2, 0) is 6.42 Å². The van der Waals surface area contributed by atoms with Crippen LogP contribution >= 0.6 is 11.6 Å². The summed E-state index contributed by atoms with van der Waals surface area (Å²) in [5.74, 6) is -0.0618. The Labute approximate surface area is 69.4 Å². The third kappa shape index (κ3) is 2.09. The van der Waals surface area contributed by atoms with E-state index in [2.05, 4.69) is 0 Å². The molecule has 3 heteroatoms. The molecule has 1 N–H and O–H groups in total. The molecule has 0 atom stereocenters. The van der Waals surface area contributed by atoms with Gasteiger partial charge in [0.1, 0.15) is 11.6 Å². The maximum Gasteiger partial charge on any atom is 0.130 e. The number of benzene rings is 1. The highest BCUT2D eigenvalue weighted by Crippen LogP contribution is 2.15. The first-order chi connectivity index (χ1) is 5.24. The van der Waals surface area contributed by atoms with Crippen molar-refractivity contribution in [2.45, 2.75) is 6.42 Å². The molecule has 0 aromatic heterocycles. The molecule has 0 saturated heterocycles. The molecule has 1 rings (SSSR count). The van der Waals surface area contributed by atoms with Crippen molar-refractivity contribution in [3.05, 3.63) is 29.6 Å². The average molecular weight is 175 g/mol. The Morgan fingerprint density at radius 3 is 2.73 bits per heavy atom. The van der Waals surface area contributed by atoms with Crippen molar-refractivity contribution in [1.82, 2.24) is 0 Å². The van der Waals surface area contributed by atoms with Crippen molar-refractivity contribution in [2.24, 2.45) is 0 Å². The van der Waals surface area contributed by atoms with Gasteiger partial charge in [-0.15, -0.1) is 11.6 Å². The molecule has 1 nitrogen and oxygen atoms in total. The van der Waals surface area contributed by atoms with Crippen molar-refractivity contribution < 1.29 is 9.50 Å². The van der Waals surface area contributed by atoms with Crippen LogP contribution in [0.1, 0.15) is 5.56 Å². The van der Waals surface area contributed by atoms with E-state index >= 15 is 0 Å². The summed E-state index contributed by atoms with van der Waals surface area (Å²) < 4.78 is 12.8. The first-order valence-corrected chi connectivity index (χ1v) is 3.81. The number of phenolic OH excluding ortho intramolecular Hbond substituents is 1. The second-order valence-corrected chi connectivity index (χ2v) is 2.59. The maximum atomic E-state index is 12.8. The first kappa shape index (κ1) is 8.34. The van der Waals surface area contributed by atoms with Gasteiger partial charge in [-0.1, -0.05) is 6.07 Å². The Morgan fingerprint density at radius 2 is 2.18 bits per heavy atom. The Hall–Kier alpha value is -0.760. The second kappa shape index (κ2) is 3.58. The number of halogens is 2. The summed E-state index contributed by atoms with van der Waals surface area (Å²) in [4.78, 5) is 0. The minimum Gasteiger partial charge on any atom is -0.508 e. The van der Waals surface area contributed by atoms with E-state index in [9.17, 15) is 4.39 Å². The van der Waals surface area contributed by atoms with Crippen molar-refractivity contribution >= 4 is 11.6 Å². The van der Waals surface area contributed by atoms with E-state index in [0.717, 1.165) is 6.07 Å². The molecule has 60 valence electrons. The van der Waals surface area contributed by atoms with E-state index in [1.165, 1.54) is 12.1 Å². The van der Waals surface area contributed by atoms with Gasteiger partial charge in [-0.3, -0.25) is 0 Å². The molecule has 1 aromatic carbocycles. The quantitative estimate of drug-likeness (QED) is 0.683. The predicted octanol–water partition coefficient (Wildman–Crippen LogP) is 2.31. The lowest BCUT2D eigenvalue weighted by Gasteiger charge is -1.99. The van der Waals surface area contributed by atoms with Crippen LogP contribution in [0, 0.1) is 5.82 Å². The van der Waals surface area contributed by atoms with Crippen LogP contribution in [0.4, 0.5) is 4.39 Å². The Morgan fingerprint density at radius 1 is 1.45 bits per heavy atom. The summed E-state index contributed by atoms with van der Waals surface area (Å²) in [7, 11) is 0. The van der Waals surface area contributed by atoms with Gasteiger partial charge in [0.15, 0.2) is 0 Å². The zero-order valence-electron chi connectivity index (χ0n) is 5.85. The average Bonchev–Trinajstić information content (AvgIpc) is 1.95. The second-order valence-electron chi connectivity index (χ2n) is 2.21. The molecule has 0 aliphatic heterocycles. The zero-order valence-corrected chi connectivity index (χ0v) is 6.61. The molecule has 0 aliphatic carbocycles. The lowest BCUT2D eigenvalue weighted by Crippen LogP contribution is -1.90. The fourth-order valence-corrected chi connectivity index (χ4v) is 1.04. The number of rotatable bonds is 2. The highest BCUT2D eigenvalue weighted by atomic mass is 35.5. The maximum absolute atomic E-state index is 12.8. The molecule has 0 heterocycles. The summed E-state index contributed by atoms with van der Waals surface area (Å²) in [5, 5.41) is 8.83. The number of phenols is 1. The molecule has 0 bridgehead atoms. The Bertz CT molecular complexity index is 250. The van der Waals surface area contributed by atoms with Gasteiger partial charge in [0.25, 0.3) is 0 Å². The van der Waals surface area contributed by atoms with Crippen LogP contribution in [0.3, 0.4) is 0 Å². The number of aromatic hydroxyl groups is 1. The molecular weight excluding hydrogens is 167 g/mol. The van der Waals surface area contributed by atoms with Gasteiger partial charge >= 0.3 is 0 Å². The largest absolute Gasteiger partial charge is 0.508 e. The first-order valence-electron chi connectivity index (χ1n) is 3.27. The molecule has 0 amide bonds. The molecule has 11 heavy (non-hydrogen) atoms. The minimum absolute atomic E-state index is 0.0548. The highest BCUT2D eigenvalue weighted by molar-refractivity contribution is 6.17. The number of aryl methyl sites for hydroxylation is 1. The van der Waals surface area contributed by atoms with Crippen molar-refractivity contribution in [3.63, 3.8) is 0 Å². The van der Waals surface area contributed by atoms with Crippen molar-refractivity contribution in [1.29, 1.82) is 0 Å². The standard InChI is InChI=1S/C8H8ClFO/c9-4-3-6-1-2-7(11)5-8(6)10/h1-2,5,11H,3-4H2. The Balaban J connectivity index is 2.90. The van der Waals surface area contributed by atoms with Gasteiger partial charge in [-0.2, -0.15) is 0 Å². The molecular formula is C8H8ClFO. The zero-order chi connectivity index (χ0) is 8.27. The van der Waals surface area contributed by atoms with Gasteiger partial charge in [-0.25, -0.2) is 4.39 Å². The van der Waals surface area contributed by atoms with Gasteiger partial charge < -0.3 is 5.11 Å². The number of alkyl halides is 1. The molecule has 0 spiro atoms. The van der Waals surface area contributed by atoms with Crippen LogP contribution in [0.15, 0.2) is 18.2 Å². The molecule has 0 fully saturated rings. The van der Waals surface area contributed by atoms with Crippen LogP contribution in [0.2, 0.25) is 0 Å². The van der Waals surface area contributed by atoms with E-state index in [-0.39, 0.29) is 5.75 Å². The minimum atomic E-state index is -0.398. The van der Waals surface area contributed by atoms with E-state index < -0.39 is 5.82 Å². The predicted molar refractivity (Wildman–Crippen MR) is 42.5 cm³/mol. The van der Waals surface area contributed by atoms with E-state index in [0.29, 0.717) is 17.9 Å². The van der Waals surface area contributed by atoms with Crippen LogP contribution in [0.25, 0.3) is 0 Å². The fraction of sp³-hybridized carbons (Fsp3) is 0.250. The molecule has 0 radical (unpaired) electrons. The Kier molecular flexibility index (Phi) is 2.71. The van der Waals surface area contributed by atoms with E-state index in [1.54, 1.807) is 0 Å². The SMILES string of the molecule is Oc1ccc(CCCl)c(F)c1. The molecule has 0 saturated carbocycles. The van der Waals surface area contributed by atoms with Crippen molar-refractivity contribution in [3.8, 4) is 5.75 Å². The fourth-order valence-electron chi connectivity index (χ4n) is 0.841. The normalized spacial score (nSPS) is 10.0. The lowest BCUT2D eigenvalue weighted by atomic mass is 10.1. The summed E-state index contributed by atoms with van der Waals surface area (Å²) in [5.41, 5.74) is 0.540. The van der Waals surface area contributed by atoms with Crippen LogP contribution < -0.4 is 0 Å². The smallest absolute Gasteiger partial charge is 0.130 e. The molecule has 0 aliphatic rings. The van der Waals surface area contributed by atoms with E-state index in [4.69, 9.17) is 16.7 Å². The van der Waals surface area contributed by atoms with Gasteiger partial charge in [0, 0.05) is 11.9 Å². The van der Waals surface area contributed by atoms with Gasteiger partial charge in [0.05, 0.1) is 0 Å². The van der Waals surface area contributed by atoms with Gasteiger partial charge in [-0.05, 0) is 18.1 Å². The van der Waals surface area contributed by atoms with E-state index in [1.807, 2.05) is 0 Å².